The molecular weight excluding hydrogens is 224 g/mol. The lowest BCUT2D eigenvalue weighted by atomic mass is 9.94. The van der Waals surface area contributed by atoms with Gasteiger partial charge in [-0.3, -0.25) is 9.58 Å². The number of likely N-dealkylation sites (tertiary alicyclic amines) is 1. The molecule has 4 nitrogen and oxygen atoms in total. The lowest BCUT2D eigenvalue weighted by molar-refractivity contribution is 0.0912. The highest BCUT2D eigenvalue weighted by Gasteiger charge is 2.28. The fourth-order valence-electron chi connectivity index (χ4n) is 3.15. The molecule has 2 atom stereocenters. The first-order valence-electron chi connectivity index (χ1n) is 7.20. The molecule has 2 rings (SSSR count). The van der Waals surface area contributed by atoms with Gasteiger partial charge in [0.1, 0.15) is 0 Å². The molecule has 18 heavy (non-hydrogen) atoms. The van der Waals surface area contributed by atoms with Crippen molar-refractivity contribution >= 4 is 0 Å². The zero-order chi connectivity index (χ0) is 13.0. The number of hydrogen-bond donors (Lipinski definition) is 1. The van der Waals surface area contributed by atoms with Crippen LogP contribution in [0.2, 0.25) is 0 Å². The van der Waals surface area contributed by atoms with E-state index in [9.17, 15) is 0 Å². The van der Waals surface area contributed by atoms with Gasteiger partial charge in [0.05, 0.1) is 12.2 Å². The number of nitrogens with zero attached hydrogens (tertiary/aromatic N) is 3. The molecular formula is C14H26N4. The Balaban J connectivity index is 2.14. The molecule has 1 fully saturated rings. The second kappa shape index (κ2) is 6.34. The van der Waals surface area contributed by atoms with E-state index in [2.05, 4.69) is 23.1 Å². The molecule has 0 amide bonds. The average molecular weight is 250 g/mol. The van der Waals surface area contributed by atoms with Gasteiger partial charge in [0.15, 0.2) is 0 Å². The fourth-order valence-corrected chi connectivity index (χ4v) is 3.15. The van der Waals surface area contributed by atoms with Crippen molar-refractivity contribution in [3.8, 4) is 0 Å². The minimum absolute atomic E-state index is 0.343. The highest BCUT2D eigenvalue weighted by Crippen LogP contribution is 2.29. The Morgan fingerprint density at radius 3 is 2.94 bits per heavy atom. The van der Waals surface area contributed by atoms with Crippen LogP contribution in [0.3, 0.4) is 0 Å². The van der Waals surface area contributed by atoms with E-state index in [1.54, 1.807) is 0 Å². The van der Waals surface area contributed by atoms with E-state index in [0.717, 1.165) is 0 Å². The molecule has 0 bridgehead atoms. The molecule has 1 aromatic rings. The average Bonchev–Trinajstić information content (AvgIpc) is 2.79. The maximum absolute atomic E-state index is 6.02. The highest BCUT2D eigenvalue weighted by molar-refractivity contribution is 5.12. The van der Waals surface area contributed by atoms with Gasteiger partial charge in [0.25, 0.3) is 0 Å². The Kier molecular flexibility index (Phi) is 4.78. The van der Waals surface area contributed by atoms with Crippen molar-refractivity contribution in [1.29, 1.82) is 0 Å². The Labute approximate surface area is 110 Å². The third-order valence-electron chi connectivity index (χ3n) is 4.03. The van der Waals surface area contributed by atoms with Gasteiger partial charge in [-0.1, -0.05) is 19.8 Å². The fraction of sp³-hybridized carbons (Fsp3) is 0.786. The Hall–Kier alpha value is -0.870. The summed E-state index contributed by atoms with van der Waals surface area (Å²) in [5.41, 5.74) is 7.29. The first-order valence-corrected chi connectivity index (χ1v) is 7.20. The normalized spacial score (nSPS) is 23.2. The SMILES string of the molecule is CCCC1CCCCN1C(CN)c1cnn(C)c1. The number of hydrogen-bond acceptors (Lipinski definition) is 3. The van der Waals surface area contributed by atoms with Crippen molar-refractivity contribution in [2.45, 2.75) is 51.1 Å². The molecule has 0 saturated carbocycles. The summed E-state index contributed by atoms with van der Waals surface area (Å²) in [4.78, 5) is 2.62. The number of aromatic nitrogens is 2. The van der Waals surface area contributed by atoms with Crippen LogP contribution in [-0.4, -0.2) is 33.8 Å². The largest absolute Gasteiger partial charge is 0.329 e. The smallest absolute Gasteiger partial charge is 0.0538 e. The van der Waals surface area contributed by atoms with E-state index in [0.29, 0.717) is 18.6 Å². The van der Waals surface area contributed by atoms with Gasteiger partial charge in [-0.05, 0) is 25.8 Å². The van der Waals surface area contributed by atoms with Crippen molar-refractivity contribution in [2.24, 2.45) is 12.8 Å². The first kappa shape index (κ1) is 13.6. The van der Waals surface area contributed by atoms with Crippen molar-refractivity contribution in [3.05, 3.63) is 18.0 Å². The standard InChI is InChI=1S/C14H26N4/c1-3-6-13-7-4-5-8-18(13)14(9-15)12-10-16-17(2)11-12/h10-11,13-14H,3-9,15H2,1-2H3. The van der Waals surface area contributed by atoms with Crippen LogP contribution < -0.4 is 5.73 Å². The summed E-state index contributed by atoms with van der Waals surface area (Å²) in [7, 11) is 1.97. The summed E-state index contributed by atoms with van der Waals surface area (Å²) in [6.07, 6.45) is 10.6. The van der Waals surface area contributed by atoms with Crippen LogP contribution >= 0.6 is 0 Å². The molecule has 4 heteroatoms. The molecule has 0 spiro atoms. The quantitative estimate of drug-likeness (QED) is 0.870. The summed E-state index contributed by atoms with van der Waals surface area (Å²) in [6.45, 7) is 4.14. The lowest BCUT2D eigenvalue weighted by Crippen LogP contribution is -2.44. The van der Waals surface area contributed by atoms with Crippen molar-refractivity contribution in [1.82, 2.24) is 14.7 Å². The van der Waals surface area contributed by atoms with Gasteiger partial charge in [-0.15, -0.1) is 0 Å². The Bertz CT molecular complexity index is 358. The van der Waals surface area contributed by atoms with Gasteiger partial charge in [-0.25, -0.2) is 0 Å². The Morgan fingerprint density at radius 2 is 2.33 bits per heavy atom. The summed E-state index contributed by atoms with van der Waals surface area (Å²) >= 11 is 0. The van der Waals surface area contributed by atoms with E-state index in [-0.39, 0.29) is 0 Å². The number of nitrogens with two attached hydrogens (primary N) is 1. The molecule has 2 heterocycles. The monoisotopic (exact) mass is 250 g/mol. The second-order valence-electron chi connectivity index (χ2n) is 5.37. The maximum atomic E-state index is 6.02. The number of piperidine rings is 1. The predicted molar refractivity (Wildman–Crippen MR) is 74.3 cm³/mol. The molecule has 0 radical (unpaired) electrons. The molecule has 102 valence electrons. The summed E-state index contributed by atoms with van der Waals surface area (Å²) in [5, 5.41) is 4.29. The van der Waals surface area contributed by atoms with Gasteiger partial charge < -0.3 is 5.73 Å². The zero-order valence-corrected chi connectivity index (χ0v) is 11.7. The van der Waals surface area contributed by atoms with Crippen LogP contribution in [0.4, 0.5) is 0 Å². The van der Waals surface area contributed by atoms with Crippen LogP contribution in [0.15, 0.2) is 12.4 Å². The minimum Gasteiger partial charge on any atom is -0.329 e. The van der Waals surface area contributed by atoms with E-state index in [1.807, 2.05) is 17.9 Å². The van der Waals surface area contributed by atoms with Gasteiger partial charge in [-0.2, -0.15) is 5.10 Å². The molecule has 1 aromatic heterocycles. The predicted octanol–water partition coefficient (Wildman–Crippen LogP) is 2.07. The van der Waals surface area contributed by atoms with Gasteiger partial charge in [0.2, 0.25) is 0 Å². The topological polar surface area (TPSA) is 47.1 Å². The second-order valence-corrected chi connectivity index (χ2v) is 5.37. The molecule has 1 aliphatic rings. The van der Waals surface area contributed by atoms with Crippen LogP contribution in [0, 0.1) is 0 Å². The number of aryl methyl sites for hydroxylation is 1. The highest BCUT2D eigenvalue weighted by atomic mass is 15.3. The van der Waals surface area contributed by atoms with Crippen molar-refractivity contribution < 1.29 is 0 Å². The molecule has 1 saturated heterocycles. The zero-order valence-electron chi connectivity index (χ0n) is 11.7. The molecule has 0 aliphatic carbocycles. The van der Waals surface area contributed by atoms with E-state index in [1.165, 1.54) is 44.2 Å². The maximum Gasteiger partial charge on any atom is 0.0538 e. The third-order valence-corrected chi connectivity index (χ3v) is 4.03. The van der Waals surface area contributed by atoms with Gasteiger partial charge >= 0.3 is 0 Å². The van der Waals surface area contributed by atoms with E-state index in [4.69, 9.17) is 5.73 Å². The molecule has 1 aliphatic heterocycles. The number of rotatable bonds is 5. The molecule has 2 unspecified atom stereocenters. The van der Waals surface area contributed by atoms with Crippen molar-refractivity contribution in [3.63, 3.8) is 0 Å². The third kappa shape index (κ3) is 2.93. The lowest BCUT2D eigenvalue weighted by Gasteiger charge is -2.40. The first-order chi connectivity index (χ1) is 8.76. The summed E-state index contributed by atoms with van der Waals surface area (Å²) in [5.74, 6) is 0. The van der Waals surface area contributed by atoms with Gasteiger partial charge in [0, 0.05) is 31.4 Å². The molecule has 2 N–H and O–H groups in total. The Morgan fingerprint density at radius 1 is 1.50 bits per heavy atom. The van der Waals surface area contributed by atoms with Crippen LogP contribution in [0.1, 0.15) is 50.6 Å². The molecule has 0 aromatic carbocycles. The van der Waals surface area contributed by atoms with E-state index < -0.39 is 0 Å². The van der Waals surface area contributed by atoms with E-state index >= 15 is 0 Å². The van der Waals surface area contributed by atoms with Crippen molar-refractivity contribution in [2.75, 3.05) is 13.1 Å². The van der Waals surface area contributed by atoms with Crippen LogP contribution in [0.5, 0.6) is 0 Å². The van der Waals surface area contributed by atoms with Crippen LogP contribution in [-0.2, 0) is 7.05 Å². The van der Waals surface area contributed by atoms with Crippen LogP contribution in [0.25, 0.3) is 0 Å². The summed E-state index contributed by atoms with van der Waals surface area (Å²) in [6, 6.07) is 1.05. The minimum atomic E-state index is 0.343. The summed E-state index contributed by atoms with van der Waals surface area (Å²) < 4.78 is 1.87.